The first-order valence-corrected chi connectivity index (χ1v) is 11.4. The number of piperidine rings is 1. The molecule has 4 unspecified atom stereocenters. The van der Waals surface area contributed by atoms with Crippen LogP contribution in [0.1, 0.15) is 58.8 Å². The predicted molar refractivity (Wildman–Crippen MR) is 122 cm³/mol. The number of morpholine rings is 1. The molecule has 4 aliphatic rings. The molecule has 2 bridgehead atoms. The van der Waals surface area contributed by atoms with Gasteiger partial charge in [0.1, 0.15) is 0 Å². The van der Waals surface area contributed by atoms with Crippen LogP contribution in [-0.2, 0) is 9.53 Å². The van der Waals surface area contributed by atoms with Gasteiger partial charge in [-0.25, -0.2) is 0 Å². The first kappa shape index (κ1) is 25.2. The maximum absolute atomic E-state index is 13.1. The monoisotopic (exact) mass is 449 g/mol. The number of nitrogens with two attached hydrogens (primary N) is 1. The van der Waals surface area contributed by atoms with Crippen LogP contribution in [0.15, 0.2) is 0 Å². The Labute approximate surface area is 189 Å². The van der Waals surface area contributed by atoms with Gasteiger partial charge in [-0.3, -0.25) is 9.69 Å². The van der Waals surface area contributed by atoms with E-state index in [0.29, 0.717) is 36.0 Å². The first-order chi connectivity index (χ1) is 13.0. The molecule has 2 saturated heterocycles. The molecule has 4 rings (SSSR count). The molecule has 7 heteroatoms. The molecule has 0 aromatic carbocycles. The molecule has 2 aliphatic carbocycles. The van der Waals surface area contributed by atoms with Crippen molar-refractivity contribution in [2.75, 3.05) is 32.7 Å². The van der Waals surface area contributed by atoms with E-state index in [4.69, 9.17) is 10.5 Å². The van der Waals surface area contributed by atoms with Crippen molar-refractivity contribution in [3.05, 3.63) is 0 Å². The molecule has 29 heavy (non-hydrogen) atoms. The van der Waals surface area contributed by atoms with Crippen molar-refractivity contribution in [3.63, 3.8) is 0 Å². The van der Waals surface area contributed by atoms with Gasteiger partial charge in [-0.2, -0.15) is 0 Å². The summed E-state index contributed by atoms with van der Waals surface area (Å²) in [6.07, 6.45) is 8.86. The maximum atomic E-state index is 13.1. The third kappa shape index (κ3) is 6.00. The Kier molecular flexibility index (Phi) is 9.55. The van der Waals surface area contributed by atoms with Crippen molar-refractivity contribution in [1.29, 1.82) is 0 Å². The summed E-state index contributed by atoms with van der Waals surface area (Å²) >= 11 is 0. The molecule has 4 atom stereocenters. The van der Waals surface area contributed by atoms with E-state index >= 15 is 0 Å². The first-order valence-electron chi connectivity index (χ1n) is 11.4. The van der Waals surface area contributed by atoms with E-state index in [0.717, 1.165) is 57.8 Å². The minimum Gasteiger partial charge on any atom is -0.373 e. The number of fused-ring (bicyclic) bond motifs is 2. The SMILES string of the molecule is CC1CN(CC2CCN(C(=O)C3CC4CCCC(C3)C4N)CC2)CC(C)O1.Cl.Cl. The highest BCUT2D eigenvalue weighted by molar-refractivity contribution is 5.85. The smallest absolute Gasteiger partial charge is 0.225 e. The number of ether oxygens (including phenoxy) is 1. The Balaban J connectivity index is 0.00000150. The molecule has 5 nitrogen and oxygen atoms in total. The third-order valence-electron chi connectivity index (χ3n) is 7.70. The molecule has 0 spiro atoms. The van der Waals surface area contributed by atoms with Gasteiger partial charge in [0.05, 0.1) is 12.2 Å². The second-order valence-electron chi connectivity index (χ2n) is 9.94. The lowest BCUT2D eigenvalue weighted by Gasteiger charge is -2.45. The summed E-state index contributed by atoms with van der Waals surface area (Å²) < 4.78 is 5.86. The number of amides is 1. The summed E-state index contributed by atoms with van der Waals surface area (Å²) in [6.45, 7) is 9.53. The maximum Gasteiger partial charge on any atom is 0.225 e. The number of likely N-dealkylation sites (tertiary alicyclic amines) is 1. The third-order valence-corrected chi connectivity index (χ3v) is 7.70. The molecular weight excluding hydrogens is 409 g/mol. The number of hydrogen-bond donors (Lipinski definition) is 1. The molecule has 0 aromatic heterocycles. The molecule has 0 aromatic rings. The van der Waals surface area contributed by atoms with Gasteiger partial charge in [-0.05, 0) is 70.1 Å². The van der Waals surface area contributed by atoms with Crippen molar-refractivity contribution in [2.45, 2.75) is 77.0 Å². The summed E-state index contributed by atoms with van der Waals surface area (Å²) in [4.78, 5) is 17.9. The molecule has 2 aliphatic heterocycles. The van der Waals surface area contributed by atoms with Crippen LogP contribution in [0.4, 0.5) is 0 Å². The average molecular weight is 450 g/mol. The average Bonchev–Trinajstić information content (AvgIpc) is 2.61. The second-order valence-corrected chi connectivity index (χ2v) is 9.94. The van der Waals surface area contributed by atoms with Crippen molar-refractivity contribution in [2.24, 2.45) is 29.4 Å². The lowest BCUT2D eigenvalue weighted by molar-refractivity contribution is -0.140. The van der Waals surface area contributed by atoms with Gasteiger partial charge in [-0.15, -0.1) is 24.8 Å². The van der Waals surface area contributed by atoms with Gasteiger partial charge in [0.15, 0.2) is 0 Å². The number of halogens is 2. The Morgan fingerprint density at radius 1 is 0.966 bits per heavy atom. The lowest BCUT2D eigenvalue weighted by Crippen LogP contribution is -2.51. The number of rotatable bonds is 3. The van der Waals surface area contributed by atoms with Crippen LogP contribution in [0.3, 0.4) is 0 Å². The second kappa shape index (κ2) is 11.0. The van der Waals surface area contributed by atoms with E-state index in [9.17, 15) is 4.79 Å². The minimum absolute atomic E-state index is 0. The zero-order chi connectivity index (χ0) is 19.0. The minimum atomic E-state index is 0. The van der Waals surface area contributed by atoms with Crippen LogP contribution in [0.2, 0.25) is 0 Å². The van der Waals surface area contributed by atoms with E-state index in [-0.39, 0.29) is 30.7 Å². The quantitative estimate of drug-likeness (QED) is 0.717. The Bertz CT molecular complexity index is 506. The fourth-order valence-electron chi connectivity index (χ4n) is 6.38. The highest BCUT2D eigenvalue weighted by Gasteiger charge is 2.42. The van der Waals surface area contributed by atoms with Crippen LogP contribution in [-0.4, -0.2) is 66.7 Å². The van der Waals surface area contributed by atoms with Crippen molar-refractivity contribution in [1.82, 2.24) is 9.80 Å². The summed E-state index contributed by atoms with van der Waals surface area (Å²) in [5.41, 5.74) is 6.41. The number of carbonyl (C=O) groups is 1. The number of carbonyl (C=O) groups excluding carboxylic acids is 1. The Hall–Kier alpha value is -0.0700. The Morgan fingerprint density at radius 3 is 2.07 bits per heavy atom. The normalized spacial score (nSPS) is 38.7. The van der Waals surface area contributed by atoms with E-state index in [1.165, 1.54) is 25.8 Å². The molecule has 2 N–H and O–H groups in total. The molecule has 2 heterocycles. The Morgan fingerprint density at radius 2 is 1.52 bits per heavy atom. The molecule has 2 saturated carbocycles. The van der Waals surface area contributed by atoms with Gasteiger partial charge >= 0.3 is 0 Å². The topological polar surface area (TPSA) is 58.8 Å². The molecule has 0 radical (unpaired) electrons. The molecular formula is C22H41Cl2N3O2. The summed E-state index contributed by atoms with van der Waals surface area (Å²) in [5.74, 6) is 2.60. The van der Waals surface area contributed by atoms with E-state index in [1.807, 2.05) is 0 Å². The molecule has 4 fully saturated rings. The van der Waals surface area contributed by atoms with Gasteiger partial charge < -0.3 is 15.4 Å². The van der Waals surface area contributed by atoms with Crippen LogP contribution < -0.4 is 5.73 Å². The van der Waals surface area contributed by atoms with Gasteiger partial charge in [-0.1, -0.05) is 6.42 Å². The van der Waals surface area contributed by atoms with Crippen LogP contribution in [0.5, 0.6) is 0 Å². The van der Waals surface area contributed by atoms with Crippen molar-refractivity contribution in [3.8, 4) is 0 Å². The largest absolute Gasteiger partial charge is 0.373 e. The predicted octanol–water partition coefficient (Wildman–Crippen LogP) is 3.33. The fourth-order valence-corrected chi connectivity index (χ4v) is 6.38. The van der Waals surface area contributed by atoms with E-state index < -0.39 is 0 Å². The van der Waals surface area contributed by atoms with Crippen LogP contribution in [0.25, 0.3) is 0 Å². The zero-order valence-corrected chi connectivity index (χ0v) is 19.8. The zero-order valence-electron chi connectivity index (χ0n) is 18.1. The summed E-state index contributed by atoms with van der Waals surface area (Å²) in [6, 6.07) is 0.354. The van der Waals surface area contributed by atoms with Gasteiger partial charge in [0.2, 0.25) is 5.91 Å². The van der Waals surface area contributed by atoms with Crippen LogP contribution >= 0.6 is 24.8 Å². The molecule has 170 valence electrons. The highest BCUT2D eigenvalue weighted by atomic mass is 35.5. The van der Waals surface area contributed by atoms with Crippen LogP contribution in [0, 0.1) is 23.7 Å². The van der Waals surface area contributed by atoms with Gasteiger partial charge in [0, 0.05) is 44.7 Å². The van der Waals surface area contributed by atoms with Gasteiger partial charge in [0.25, 0.3) is 0 Å². The van der Waals surface area contributed by atoms with Crippen molar-refractivity contribution < 1.29 is 9.53 Å². The van der Waals surface area contributed by atoms with E-state index in [1.54, 1.807) is 0 Å². The highest BCUT2D eigenvalue weighted by Crippen LogP contribution is 2.42. The lowest BCUT2D eigenvalue weighted by atomic mass is 9.65. The summed E-state index contributed by atoms with van der Waals surface area (Å²) in [5, 5.41) is 0. The molecule has 1 amide bonds. The standard InChI is InChI=1S/C22H39N3O2.2ClH/c1-15-12-24(13-16(2)27-15)14-17-6-8-25(9-7-17)22(26)20-10-18-4-3-5-19(11-20)21(18)23;;/h15-21H,3-14,23H2,1-2H3;2*1H. The fraction of sp³-hybridized carbons (Fsp3) is 0.955. The number of nitrogens with zero attached hydrogens (tertiary/aromatic N) is 2. The number of hydrogen-bond acceptors (Lipinski definition) is 4. The van der Waals surface area contributed by atoms with E-state index in [2.05, 4.69) is 23.6 Å². The summed E-state index contributed by atoms with van der Waals surface area (Å²) in [7, 11) is 0. The van der Waals surface area contributed by atoms with Crippen molar-refractivity contribution >= 4 is 30.7 Å².